The summed E-state index contributed by atoms with van der Waals surface area (Å²) >= 11 is 0. The van der Waals surface area contributed by atoms with Crippen LogP contribution in [0.1, 0.15) is 119 Å². The van der Waals surface area contributed by atoms with Crippen molar-refractivity contribution in [2.24, 2.45) is 0 Å². The van der Waals surface area contributed by atoms with E-state index in [9.17, 15) is 79.8 Å². The first-order valence-electron chi connectivity index (χ1n) is 32.0. The number of rotatable bonds is 36. The maximum absolute atomic E-state index is 14.0. The highest BCUT2D eigenvalue weighted by atomic mass is 31.1. The third-order valence-electron chi connectivity index (χ3n) is 16.9. The van der Waals surface area contributed by atoms with Crippen LogP contribution >= 0.6 is 18.1 Å². The normalized spacial score (nSPS) is 34.3. The van der Waals surface area contributed by atoms with E-state index in [-0.39, 0.29) is 102 Å². The van der Waals surface area contributed by atoms with Crippen molar-refractivity contribution in [3.63, 3.8) is 0 Å². The molecule has 0 spiro atoms. The first kappa shape index (κ1) is 78.8. The van der Waals surface area contributed by atoms with Crippen molar-refractivity contribution in [1.82, 2.24) is 30.7 Å². The molecule has 6 saturated heterocycles. The third kappa shape index (κ3) is 23.8. The second-order valence-electron chi connectivity index (χ2n) is 25.4. The van der Waals surface area contributed by atoms with Gasteiger partial charge in [-0.2, -0.15) is 0 Å². The number of hydrogen-bond acceptors (Lipinski definition) is 27. The molecule has 6 fully saturated rings. The third-order valence-corrected chi connectivity index (χ3v) is 18.3. The highest BCUT2D eigenvalue weighted by Crippen LogP contribution is 2.35. The molecule has 0 aliphatic carbocycles. The average molecular weight is 1380 g/mol. The fourth-order valence-corrected chi connectivity index (χ4v) is 13.5. The number of likely N-dealkylation sites (tertiary alicyclic amines) is 3. The topological polar surface area (TPSA) is 452 Å². The number of aliphatic hydroxyl groups excluding tert-OH is 10. The first-order valence-corrected chi connectivity index (χ1v) is 33.7. The van der Waals surface area contributed by atoms with Gasteiger partial charge in [-0.3, -0.25) is 28.8 Å². The van der Waals surface area contributed by atoms with Gasteiger partial charge in [0.1, 0.15) is 73.1 Å². The maximum Gasteiger partial charge on any atom is 0.222 e. The molecule has 6 rings (SSSR count). The molecule has 33 nitrogen and oxygen atoms in total. The van der Waals surface area contributed by atoms with E-state index < -0.39 is 177 Å². The number of nitrogens with zero attached hydrogens (tertiary/aromatic N) is 3. The standard InChI is InChI=1S/C58H102N6O27P2/c1-31(69)59-46-52(78)49(75)40(26-66)86-55(46)81-16-10-7-13-43(72)62-23-38(19-34(62)25-65)90-92-85-30-36-21-39(24-64(36)45(74)15-9-12-18-83-57-48(61-33(3)71)54(80)51(77)42(28-68)88-57)91-93-84-29-35-20-37(89-58(4,5)6)22-63(35)44(73)14-8-11-17-82-56-47(60-32(2)70)53(79)50(76)41(27-67)87-56/h34-42,46-57,65-68,75-80,92-93H,7-30H2,1-6H3,(H,59,69)(H,60,70)(H,61,71)/t34-,35-,36-,37+,38+,39+,40?,41?,42?,46?,47?,48?,49?,50?,51?,52?,53?,54?,55?,56?,57?/m0/s1. The van der Waals surface area contributed by atoms with E-state index in [0.717, 1.165) is 0 Å². The minimum Gasteiger partial charge on any atom is -0.394 e. The molecule has 0 aromatic carbocycles. The highest BCUT2D eigenvalue weighted by molar-refractivity contribution is 7.26. The van der Waals surface area contributed by atoms with Crippen molar-refractivity contribution >= 4 is 53.5 Å². The Hall–Kier alpha value is -3.16. The van der Waals surface area contributed by atoms with Gasteiger partial charge >= 0.3 is 0 Å². The van der Waals surface area contributed by atoms with Gasteiger partial charge in [-0.1, -0.05) is 0 Å². The summed E-state index contributed by atoms with van der Waals surface area (Å²) < 4.78 is 65.3. The molecular formula is C58H102N6O27P2. The number of nitrogens with one attached hydrogen (secondary N) is 3. The molecule has 6 heterocycles. The predicted molar refractivity (Wildman–Crippen MR) is 326 cm³/mol. The molecule has 0 aromatic heterocycles. The molecule has 0 saturated carbocycles. The number of unbranched alkanes of at least 4 members (excludes halogenated alkanes) is 3. The fraction of sp³-hybridized carbons (Fsp3) is 0.897. The van der Waals surface area contributed by atoms with Gasteiger partial charge in [0.25, 0.3) is 0 Å². The van der Waals surface area contributed by atoms with Crippen LogP contribution in [0, 0.1) is 0 Å². The lowest BCUT2D eigenvalue weighted by molar-refractivity contribution is -0.270. The number of carbonyl (C=O) groups is 6. The second-order valence-corrected chi connectivity index (χ2v) is 26.8. The highest BCUT2D eigenvalue weighted by Gasteiger charge is 2.49. The molecule has 17 unspecified atom stereocenters. The zero-order valence-corrected chi connectivity index (χ0v) is 55.8. The number of ether oxygens (including phenoxy) is 7. The van der Waals surface area contributed by atoms with E-state index in [1.807, 2.05) is 20.8 Å². The van der Waals surface area contributed by atoms with Gasteiger partial charge in [0.15, 0.2) is 36.9 Å². The van der Waals surface area contributed by atoms with Crippen molar-refractivity contribution in [3.05, 3.63) is 0 Å². The molecule has 93 heavy (non-hydrogen) atoms. The van der Waals surface area contributed by atoms with Crippen molar-refractivity contribution in [2.75, 3.05) is 79.1 Å². The predicted octanol–water partition coefficient (Wildman–Crippen LogP) is -3.82. The van der Waals surface area contributed by atoms with Crippen LogP contribution in [0.3, 0.4) is 0 Å². The van der Waals surface area contributed by atoms with Crippen molar-refractivity contribution in [3.8, 4) is 0 Å². The van der Waals surface area contributed by atoms with Gasteiger partial charge < -0.3 is 133 Å². The molecule has 23 atom stereocenters. The van der Waals surface area contributed by atoms with Crippen molar-refractivity contribution in [2.45, 2.75) is 253 Å². The molecule has 0 bridgehead atoms. The fourth-order valence-electron chi connectivity index (χ4n) is 12.3. The van der Waals surface area contributed by atoms with Gasteiger partial charge in [-0.25, -0.2) is 0 Å². The van der Waals surface area contributed by atoms with Crippen LogP contribution in [0.5, 0.6) is 0 Å². The van der Waals surface area contributed by atoms with Crippen LogP contribution in [-0.2, 0) is 80.0 Å². The smallest absolute Gasteiger partial charge is 0.222 e. The molecule has 6 aliphatic heterocycles. The number of carbonyl (C=O) groups excluding carboxylic acids is 6. The Balaban J connectivity index is 0.989. The monoisotopic (exact) mass is 1380 g/mol. The minimum absolute atomic E-state index is 0.0407. The lowest BCUT2D eigenvalue weighted by Crippen LogP contribution is -2.64. The van der Waals surface area contributed by atoms with Gasteiger partial charge in [0.2, 0.25) is 35.4 Å². The van der Waals surface area contributed by atoms with E-state index >= 15 is 0 Å². The van der Waals surface area contributed by atoms with Crippen molar-refractivity contribution < 1.29 is 131 Å². The summed E-state index contributed by atoms with van der Waals surface area (Å²) in [6, 6.07) is -4.65. The Bertz CT molecular complexity index is 2330. The molecule has 35 heteroatoms. The van der Waals surface area contributed by atoms with Crippen LogP contribution in [0.2, 0.25) is 0 Å². The van der Waals surface area contributed by atoms with Gasteiger partial charge in [-0.15, -0.1) is 0 Å². The van der Waals surface area contributed by atoms with E-state index in [2.05, 4.69) is 16.0 Å². The Morgan fingerprint density at radius 2 is 0.763 bits per heavy atom. The first-order chi connectivity index (χ1) is 44.3. The summed E-state index contributed by atoms with van der Waals surface area (Å²) in [4.78, 5) is 81.9. The molecule has 536 valence electrons. The van der Waals surface area contributed by atoms with Gasteiger partial charge in [0, 0.05) is 79.5 Å². The summed E-state index contributed by atoms with van der Waals surface area (Å²) in [6.45, 7) is 8.50. The molecule has 0 aromatic rings. The van der Waals surface area contributed by atoms with E-state index in [1.54, 1.807) is 14.7 Å². The average Bonchev–Trinajstić information content (AvgIpc) is 1.83. The number of aliphatic hydroxyl groups is 10. The molecular weight excluding hydrogens is 1270 g/mol. The summed E-state index contributed by atoms with van der Waals surface area (Å²) in [5, 5.41) is 110. The number of amides is 6. The number of hydrogen-bond donors (Lipinski definition) is 13. The Morgan fingerprint density at radius 1 is 0.452 bits per heavy atom. The Labute approximate surface area is 545 Å². The Morgan fingerprint density at radius 3 is 1.08 bits per heavy atom. The van der Waals surface area contributed by atoms with Crippen LogP contribution in [0.15, 0.2) is 0 Å². The molecule has 13 N–H and O–H groups in total. The summed E-state index contributed by atoms with van der Waals surface area (Å²) in [6.07, 6.45) is -13.2. The zero-order chi connectivity index (χ0) is 68.1. The summed E-state index contributed by atoms with van der Waals surface area (Å²) in [5.74, 6) is -2.04. The van der Waals surface area contributed by atoms with Crippen LogP contribution in [0.4, 0.5) is 0 Å². The second kappa shape index (κ2) is 38.8. The van der Waals surface area contributed by atoms with Crippen LogP contribution in [-0.4, -0.2) is 314 Å². The minimum atomic E-state index is -1.49. The SMILES string of the molecule is CC(=O)NC1C(OCCCCC(=O)N2C[C@H](OPOC[C@@H]3C[C@@H](OPOC[C@@H]4C[C@@H](OC(C)(C)C)CN4C(=O)CCCCOC4OC(CO)C(O)C(O)C4NC(C)=O)CN3C(=O)CCCCOC3OC(CO)C(O)C(O)C3NC(C)=O)C[C@H]2CO)OC(CO)C(O)C1O. The quantitative estimate of drug-likeness (QED) is 0.0211. The van der Waals surface area contributed by atoms with E-state index in [0.29, 0.717) is 64.3 Å². The lowest BCUT2D eigenvalue weighted by Gasteiger charge is -2.42. The zero-order valence-electron chi connectivity index (χ0n) is 53.8. The molecule has 6 amide bonds. The summed E-state index contributed by atoms with van der Waals surface area (Å²) in [5.41, 5.74) is -0.494. The van der Waals surface area contributed by atoms with Gasteiger partial charge in [-0.05, 0) is 78.6 Å². The van der Waals surface area contributed by atoms with Crippen LogP contribution in [0.25, 0.3) is 0 Å². The van der Waals surface area contributed by atoms with E-state index in [1.165, 1.54) is 20.8 Å². The van der Waals surface area contributed by atoms with Crippen LogP contribution < -0.4 is 16.0 Å². The molecule has 6 aliphatic rings. The maximum atomic E-state index is 14.0. The van der Waals surface area contributed by atoms with Crippen molar-refractivity contribution in [1.29, 1.82) is 0 Å². The Kier molecular flexibility index (Phi) is 32.9. The van der Waals surface area contributed by atoms with E-state index in [4.69, 9.17) is 51.3 Å². The summed E-state index contributed by atoms with van der Waals surface area (Å²) in [7, 11) is -0.979. The lowest BCUT2D eigenvalue weighted by atomic mass is 9.97. The van der Waals surface area contributed by atoms with Gasteiger partial charge in [0.05, 0.1) is 81.7 Å². The largest absolute Gasteiger partial charge is 0.394 e. The molecule has 0 radical (unpaired) electrons.